The lowest BCUT2D eigenvalue weighted by Gasteiger charge is -2.13. The lowest BCUT2D eigenvalue weighted by atomic mass is 10.1. The van der Waals surface area contributed by atoms with Crippen LogP contribution in [0.5, 0.6) is 11.5 Å². The van der Waals surface area contributed by atoms with E-state index in [0.717, 1.165) is 16.9 Å². The minimum absolute atomic E-state index is 0.313. The van der Waals surface area contributed by atoms with Crippen LogP contribution >= 0.6 is 11.6 Å². The summed E-state index contributed by atoms with van der Waals surface area (Å²) in [5.74, 6) is 0.897. The number of pyridine rings is 1. The zero-order valence-corrected chi connectivity index (χ0v) is 16.5. The molecule has 2 aromatic carbocycles. The zero-order chi connectivity index (χ0) is 20.1. The molecule has 3 aromatic rings. The normalized spacial score (nSPS) is 10.3. The summed E-state index contributed by atoms with van der Waals surface area (Å²) in [5, 5.41) is 6.72. The molecule has 0 unspecified atom stereocenters. The van der Waals surface area contributed by atoms with Crippen LogP contribution in [0.4, 0.5) is 17.2 Å². The van der Waals surface area contributed by atoms with Gasteiger partial charge in [0.15, 0.2) is 0 Å². The maximum atomic E-state index is 12.7. The number of aryl methyl sites for hydroxylation is 1. The van der Waals surface area contributed by atoms with E-state index in [2.05, 4.69) is 15.6 Å². The van der Waals surface area contributed by atoms with E-state index in [9.17, 15) is 4.79 Å². The van der Waals surface area contributed by atoms with Gasteiger partial charge in [0, 0.05) is 10.7 Å². The standard InChI is InChI=1S/C21H20ClN3O3/c1-13-11-14(22)7-9-16(13)24-15-8-10-19(23-12-15)25-21(26)20-17(27-2)5-4-6-18(20)28-3/h4-12,24H,1-3H3,(H,23,25,26). The highest BCUT2D eigenvalue weighted by Crippen LogP contribution is 2.29. The number of ether oxygens (including phenoxy) is 2. The van der Waals surface area contributed by atoms with Gasteiger partial charge in [-0.3, -0.25) is 4.79 Å². The average Bonchev–Trinajstić information content (AvgIpc) is 2.70. The summed E-state index contributed by atoms with van der Waals surface area (Å²) in [5.41, 5.74) is 3.06. The number of nitrogens with zero attached hydrogens (tertiary/aromatic N) is 1. The molecule has 7 heteroatoms. The molecule has 28 heavy (non-hydrogen) atoms. The highest BCUT2D eigenvalue weighted by molar-refractivity contribution is 6.30. The zero-order valence-electron chi connectivity index (χ0n) is 15.7. The third-order valence-electron chi connectivity index (χ3n) is 4.13. The molecule has 0 saturated carbocycles. The number of nitrogens with one attached hydrogen (secondary N) is 2. The van der Waals surface area contributed by atoms with Crippen molar-refractivity contribution in [2.45, 2.75) is 6.92 Å². The van der Waals surface area contributed by atoms with Crippen molar-refractivity contribution in [2.75, 3.05) is 24.9 Å². The van der Waals surface area contributed by atoms with Crippen LogP contribution in [0.2, 0.25) is 5.02 Å². The summed E-state index contributed by atoms with van der Waals surface area (Å²) in [7, 11) is 3.01. The maximum absolute atomic E-state index is 12.7. The van der Waals surface area contributed by atoms with Gasteiger partial charge in [0.05, 0.1) is 26.1 Å². The fourth-order valence-electron chi connectivity index (χ4n) is 2.72. The molecule has 0 radical (unpaired) electrons. The van der Waals surface area contributed by atoms with E-state index >= 15 is 0 Å². The number of hydrogen-bond donors (Lipinski definition) is 2. The summed E-state index contributed by atoms with van der Waals surface area (Å²) >= 11 is 5.98. The van der Waals surface area contributed by atoms with Gasteiger partial charge >= 0.3 is 0 Å². The van der Waals surface area contributed by atoms with Crippen molar-refractivity contribution in [3.05, 3.63) is 70.9 Å². The van der Waals surface area contributed by atoms with Crippen molar-refractivity contribution in [3.63, 3.8) is 0 Å². The quantitative estimate of drug-likeness (QED) is 0.608. The summed E-state index contributed by atoms with van der Waals surface area (Å²) in [6.07, 6.45) is 1.64. The molecule has 144 valence electrons. The van der Waals surface area contributed by atoms with Gasteiger partial charge in [-0.05, 0) is 55.0 Å². The molecule has 0 saturated heterocycles. The second-order valence-corrected chi connectivity index (χ2v) is 6.44. The number of carbonyl (C=O) groups is 1. The summed E-state index contributed by atoms with van der Waals surface area (Å²) in [6, 6.07) is 14.3. The summed E-state index contributed by atoms with van der Waals surface area (Å²) in [6.45, 7) is 1.97. The number of rotatable bonds is 6. The second-order valence-electron chi connectivity index (χ2n) is 6.01. The Hall–Kier alpha value is -3.25. The van der Waals surface area contributed by atoms with E-state index in [4.69, 9.17) is 21.1 Å². The molecule has 0 aliphatic rings. The van der Waals surface area contributed by atoms with E-state index in [-0.39, 0.29) is 5.91 Å². The first-order valence-electron chi connectivity index (χ1n) is 8.53. The Morgan fingerprint density at radius 2 is 1.75 bits per heavy atom. The number of aromatic nitrogens is 1. The molecule has 1 amide bonds. The largest absolute Gasteiger partial charge is 0.496 e. The Labute approximate surface area is 168 Å². The molecule has 3 rings (SSSR count). The minimum Gasteiger partial charge on any atom is -0.496 e. The van der Waals surface area contributed by atoms with Crippen LogP contribution in [-0.4, -0.2) is 25.1 Å². The van der Waals surface area contributed by atoms with E-state index in [1.807, 2.05) is 31.2 Å². The molecule has 1 heterocycles. The van der Waals surface area contributed by atoms with E-state index in [1.165, 1.54) is 14.2 Å². The molecule has 0 spiro atoms. The number of hydrogen-bond acceptors (Lipinski definition) is 5. The van der Waals surface area contributed by atoms with Gasteiger partial charge in [0.2, 0.25) is 0 Å². The Morgan fingerprint density at radius 3 is 2.32 bits per heavy atom. The predicted molar refractivity (Wildman–Crippen MR) is 111 cm³/mol. The Kier molecular flexibility index (Phi) is 6.01. The fourth-order valence-corrected chi connectivity index (χ4v) is 2.95. The molecule has 0 aliphatic heterocycles. The Bertz CT molecular complexity index is 968. The number of methoxy groups -OCH3 is 2. The molecule has 2 N–H and O–H groups in total. The number of amides is 1. The van der Waals surface area contributed by atoms with Gasteiger partial charge in [-0.25, -0.2) is 4.98 Å². The van der Waals surface area contributed by atoms with Crippen molar-refractivity contribution < 1.29 is 14.3 Å². The maximum Gasteiger partial charge on any atom is 0.264 e. The Morgan fingerprint density at radius 1 is 1.04 bits per heavy atom. The second kappa shape index (κ2) is 8.63. The molecular formula is C21H20ClN3O3. The molecular weight excluding hydrogens is 378 g/mol. The molecule has 0 aliphatic carbocycles. The third-order valence-corrected chi connectivity index (χ3v) is 4.36. The SMILES string of the molecule is COc1cccc(OC)c1C(=O)Nc1ccc(Nc2ccc(Cl)cc2C)cn1. The Balaban J connectivity index is 1.75. The van der Waals surface area contributed by atoms with Crippen LogP contribution in [-0.2, 0) is 0 Å². The predicted octanol–water partition coefficient (Wildman–Crippen LogP) is 5.06. The monoisotopic (exact) mass is 397 g/mol. The van der Waals surface area contributed by atoms with Crippen LogP contribution in [0.3, 0.4) is 0 Å². The first kappa shape index (κ1) is 19.5. The van der Waals surface area contributed by atoms with Crippen molar-refractivity contribution in [1.29, 1.82) is 0 Å². The molecule has 0 fully saturated rings. The lowest BCUT2D eigenvalue weighted by molar-refractivity contribution is 0.102. The average molecular weight is 398 g/mol. The van der Waals surface area contributed by atoms with Gasteiger partial charge in [-0.1, -0.05) is 17.7 Å². The van der Waals surface area contributed by atoms with Crippen LogP contribution in [0.25, 0.3) is 0 Å². The first-order chi connectivity index (χ1) is 13.5. The van der Waals surface area contributed by atoms with E-state index in [0.29, 0.717) is 27.9 Å². The van der Waals surface area contributed by atoms with Crippen molar-refractivity contribution in [1.82, 2.24) is 4.98 Å². The highest BCUT2D eigenvalue weighted by atomic mass is 35.5. The molecule has 0 atom stereocenters. The molecule has 6 nitrogen and oxygen atoms in total. The van der Waals surface area contributed by atoms with Crippen LogP contribution in [0, 0.1) is 6.92 Å². The number of halogens is 1. The number of benzene rings is 2. The van der Waals surface area contributed by atoms with Gasteiger partial charge in [-0.15, -0.1) is 0 Å². The minimum atomic E-state index is -0.365. The van der Waals surface area contributed by atoms with E-state index in [1.54, 1.807) is 30.5 Å². The summed E-state index contributed by atoms with van der Waals surface area (Å²) in [4.78, 5) is 17.0. The summed E-state index contributed by atoms with van der Waals surface area (Å²) < 4.78 is 10.5. The van der Waals surface area contributed by atoms with Gasteiger partial charge < -0.3 is 20.1 Å². The molecule has 1 aromatic heterocycles. The first-order valence-corrected chi connectivity index (χ1v) is 8.91. The van der Waals surface area contributed by atoms with Crippen LogP contribution < -0.4 is 20.1 Å². The van der Waals surface area contributed by atoms with Gasteiger partial charge in [-0.2, -0.15) is 0 Å². The van der Waals surface area contributed by atoms with Gasteiger partial charge in [0.25, 0.3) is 5.91 Å². The highest BCUT2D eigenvalue weighted by Gasteiger charge is 2.18. The lowest BCUT2D eigenvalue weighted by Crippen LogP contribution is -2.15. The van der Waals surface area contributed by atoms with Crippen LogP contribution in [0.1, 0.15) is 15.9 Å². The number of anilines is 3. The van der Waals surface area contributed by atoms with Crippen molar-refractivity contribution >= 4 is 34.7 Å². The van der Waals surface area contributed by atoms with Crippen molar-refractivity contribution in [2.24, 2.45) is 0 Å². The van der Waals surface area contributed by atoms with Crippen molar-refractivity contribution in [3.8, 4) is 11.5 Å². The number of carbonyl (C=O) groups excluding carboxylic acids is 1. The topological polar surface area (TPSA) is 72.5 Å². The fraction of sp³-hybridized carbons (Fsp3) is 0.143. The van der Waals surface area contributed by atoms with E-state index < -0.39 is 0 Å². The van der Waals surface area contributed by atoms with Gasteiger partial charge in [0.1, 0.15) is 22.9 Å². The molecule has 0 bridgehead atoms. The third kappa shape index (κ3) is 4.35. The van der Waals surface area contributed by atoms with Crippen LogP contribution in [0.15, 0.2) is 54.7 Å². The smallest absolute Gasteiger partial charge is 0.264 e.